The minimum Gasteiger partial charge on any atom is -0.396 e. The molecule has 0 unspecified atom stereocenters. The Kier molecular flexibility index (Phi) is 6.06. The molecule has 1 aliphatic rings. The summed E-state index contributed by atoms with van der Waals surface area (Å²) in [6.45, 7) is 0.207. The summed E-state index contributed by atoms with van der Waals surface area (Å²) in [5.74, 6) is 0.352. The van der Waals surface area contributed by atoms with Crippen molar-refractivity contribution in [1.29, 1.82) is 0 Å². The molecular formula is C17H25NO2. The van der Waals surface area contributed by atoms with E-state index in [1.54, 1.807) is 0 Å². The van der Waals surface area contributed by atoms with Gasteiger partial charge in [-0.05, 0) is 43.4 Å². The van der Waals surface area contributed by atoms with Gasteiger partial charge in [-0.1, -0.05) is 37.8 Å². The number of aryl methyl sites for hydroxylation is 1. The maximum Gasteiger partial charge on any atom is 0.227 e. The zero-order valence-electron chi connectivity index (χ0n) is 12.1. The Morgan fingerprint density at radius 3 is 2.65 bits per heavy atom. The van der Waals surface area contributed by atoms with Crippen LogP contribution in [0.2, 0.25) is 0 Å². The highest BCUT2D eigenvalue weighted by atomic mass is 16.2. The van der Waals surface area contributed by atoms with Gasteiger partial charge in [0.25, 0.3) is 0 Å². The summed E-state index contributed by atoms with van der Waals surface area (Å²) in [7, 11) is 0. The molecule has 110 valence electrons. The molecule has 0 heterocycles. The molecule has 1 saturated carbocycles. The highest BCUT2D eigenvalue weighted by Crippen LogP contribution is 2.24. The maximum atomic E-state index is 12.3. The second-order valence-corrected chi connectivity index (χ2v) is 5.71. The average molecular weight is 275 g/mol. The number of benzene rings is 1. The minimum absolute atomic E-state index is 0.172. The molecule has 1 aliphatic carbocycles. The average Bonchev–Trinajstić information content (AvgIpc) is 2.74. The number of aliphatic hydroxyl groups excluding tert-OH is 1. The third-order valence-corrected chi connectivity index (χ3v) is 4.04. The van der Waals surface area contributed by atoms with E-state index in [-0.39, 0.29) is 18.4 Å². The normalized spacial score (nSPS) is 16.6. The maximum absolute atomic E-state index is 12.3. The molecule has 0 atom stereocenters. The van der Waals surface area contributed by atoms with Gasteiger partial charge in [0.2, 0.25) is 5.91 Å². The first-order valence-corrected chi connectivity index (χ1v) is 7.80. The third-order valence-electron chi connectivity index (χ3n) is 4.04. The predicted molar refractivity (Wildman–Crippen MR) is 81.7 cm³/mol. The molecule has 3 nitrogen and oxygen atoms in total. The molecule has 0 radical (unpaired) electrons. The Hall–Kier alpha value is -1.35. The summed E-state index contributed by atoms with van der Waals surface area (Å²) in [6.07, 6.45) is 8.54. The van der Waals surface area contributed by atoms with Crippen LogP contribution < -0.4 is 5.32 Å². The van der Waals surface area contributed by atoms with Crippen LogP contribution in [-0.2, 0) is 11.2 Å². The first kappa shape index (κ1) is 15.0. The topological polar surface area (TPSA) is 49.3 Å². The van der Waals surface area contributed by atoms with Crippen molar-refractivity contribution in [2.24, 2.45) is 5.92 Å². The lowest BCUT2D eigenvalue weighted by molar-refractivity contribution is -0.120. The molecule has 0 saturated heterocycles. The van der Waals surface area contributed by atoms with Crippen molar-refractivity contribution in [3.05, 3.63) is 29.8 Å². The molecule has 0 bridgehead atoms. The summed E-state index contributed by atoms with van der Waals surface area (Å²) < 4.78 is 0. The van der Waals surface area contributed by atoms with E-state index in [9.17, 15) is 4.79 Å². The number of carbonyl (C=O) groups is 1. The van der Waals surface area contributed by atoms with E-state index in [0.717, 1.165) is 36.9 Å². The second-order valence-electron chi connectivity index (χ2n) is 5.71. The fourth-order valence-electron chi connectivity index (χ4n) is 2.87. The summed E-state index contributed by atoms with van der Waals surface area (Å²) >= 11 is 0. The van der Waals surface area contributed by atoms with Crippen molar-refractivity contribution in [3.8, 4) is 0 Å². The van der Waals surface area contributed by atoms with Crippen LogP contribution in [0.1, 0.15) is 50.5 Å². The van der Waals surface area contributed by atoms with Gasteiger partial charge in [0, 0.05) is 18.2 Å². The van der Waals surface area contributed by atoms with Crippen molar-refractivity contribution in [3.63, 3.8) is 0 Å². The van der Waals surface area contributed by atoms with E-state index < -0.39 is 0 Å². The fraction of sp³-hybridized carbons (Fsp3) is 0.588. The van der Waals surface area contributed by atoms with Gasteiger partial charge in [-0.2, -0.15) is 0 Å². The number of aliphatic hydroxyl groups is 1. The molecule has 0 aromatic heterocycles. The van der Waals surface area contributed by atoms with Gasteiger partial charge in [0.1, 0.15) is 0 Å². The van der Waals surface area contributed by atoms with Gasteiger partial charge in [-0.15, -0.1) is 0 Å². The van der Waals surface area contributed by atoms with Crippen LogP contribution in [0.4, 0.5) is 5.69 Å². The minimum atomic E-state index is 0.172. The Balaban J connectivity index is 1.92. The number of rotatable bonds is 5. The quantitative estimate of drug-likeness (QED) is 0.808. The Labute approximate surface area is 121 Å². The van der Waals surface area contributed by atoms with Crippen LogP contribution in [0.5, 0.6) is 0 Å². The first-order valence-electron chi connectivity index (χ1n) is 7.80. The molecule has 3 heteroatoms. The summed E-state index contributed by atoms with van der Waals surface area (Å²) in [5.41, 5.74) is 2.05. The summed E-state index contributed by atoms with van der Waals surface area (Å²) in [5, 5.41) is 11.9. The van der Waals surface area contributed by atoms with Gasteiger partial charge in [0.05, 0.1) is 0 Å². The van der Waals surface area contributed by atoms with Crippen molar-refractivity contribution >= 4 is 11.6 Å². The zero-order chi connectivity index (χ0) is 14.2. The molecule has 0 spiro atoms. The van der Waals surface area contributed by atoms with Gasteiger partial charge >= 0.3 is 0 Å². The van der Waals surface area contributed by atoms with E-state index in [1.807, 2.05) is 24.3 Å². The molecule has 2 rings (SSSR count). The summed E-state index contributed by atoms with van der Waals surface area (Å²) in [4.78, 5) is 12.3. The third kappa shape index (κ3) is 4.64. The fourth-order valence-corrected chi connectivity index (χ4v) is 2.87. The van der Waals surface area contributed by atoms with Crippen molar-refractivity contribution in [2.75, 3.05) is 11.9 Å². The van der Waals surface area contributed by atoms with Crippen LogP contribution in [0, 0.1) is 5.92 Å². The molecular weight excluding hydrogens is 250 g/mol. The largest absolute Gasteiger partial charge is 0.396 e. The number of amides is 1. The standard InChI is InChI=1S/C17H25NO2/c19-12-6-8-14-7-5-11-16(13-14)18-17(20)15-9-3-1-2-4-10-15/h5,7,11,13,15,19H,1-4,6,8-10,12H2,(H,18,20). The Morgan fingerprint density at radius 1 is 1.20 bits per heavy atom. The highest BCUT2D eigenvalue weighted by Gasteiger charge is 2.19. The number of hydrogen-bond donors (Lipinski definition) is 2. The Bertz CT molecular complexity index is 423. The van der Waals surface area contributed by atoms with Crippen molar-refractivity contribution in [2.45, 2.75) is 51.4 Å². The number of carbonyl (C=O) groups excluding carboxylic acids is 1. The Morgan fingerprint density at radius 2 is 1.95 bits per heavy atom. The smallest absolute Gasteiger partial charge is 0.227 e. The van der Waals surface area contributed by atoms with Crippen molar-refractivity contribution < 1.29 is 9.90 Å². The number of nitrogens with one attached hydrogen (secondary N) is 1. The van der Waals surface area contributed by atoms with Crippen LogP contribution in [0.15, 0.2) is 24.3 Å². The van der Waals surface area contributed by atoms with Gasteiger partial charge in [-0.3, -0.25) is 4.79 Å². The predicted octanol–water partition coefficient (Wildman–Crippen LogP) is 3.52. The molecule has 2 N–H and O–H groups in total. The SMILES string of the molecule is O=C(Nc1cccc(CCCO)c1)C1CCCCCC1. The molecule has 1 amide bonds. The van der Waals surface area contributed by atoms with E-state index in [4.69, 9.17) is 5.11 Å². The van der Waals surface area contributed by atoms with Gasteiger partial charge in [0.15, 0.2) is 0 Å². The van der Waals surface area contributed by atoms with E-state index >= 15 is 0 Å². The van der Waals surface area contributed by atoms with Crippen LogP contribution in [-0.4, -0.2) is 17.6 Å². The molecule has 20 heavy (non-hydrogen) atoms. The van der Waals surface area contributed by atoms with Crippen LogP contribution in [0.25, 0.3) is 0 Å². The highest BCUT2D eigenvalue weighted by molar-refractivity contribution is 5.92. The molecule has 1 fully saturated rings. The van der Waals surface area contributed by atoms with E-state index in [0.29, 0.717) is 0 Å². The van der Waals surface area contributed by atoms with E-state index in [1.165, 1.54) is 25.7 Å². The molecule has 1 aromatic rings. The number of hydrogen-bond acceptors (Lipinski definition) is 2. The second kappa shape index (κ2) is 8.05. The first-order chi connectivity index (χ1) is 9.79. The van der Waals surface area contributed by atoms with Crippen molar-refractivity contribution in [1.82, 2.24) is 0 Å². The van der Waals surface area contributed by atoms with E-state index in [2.05, 4.69) is 5.32 Å². The van der Waals surface area contributed by atoms with Gasteiger partial charge < -0.3 is 10.4 Å². The van der Waals surface area contributed by atoms with Crippen LogP contribution >= 0.6 is 0 Å². The molecule has 0 aliphatic heterocycles. The lowest BCUT2D eigenvalue weighted by Crippen LogP contribution is -2.22. The lowest BCUT2D eigenvalue weighted by atomic mass is 9.99. The zero-order valence-corrected chi connectivity index (χ0v) is 12.1. The number of anilines is 1. The van der Waals surface area contributed by atoms with Crippen LogP contribution in [0.3, 0.4) is 0 Å². The van der Waals surface area contributed by atoms with Gasteiger partial charge in [-0.25, -0.2) is 0 Å². The molecule has 1 aromatic carbocycles. The lowest BCUT2D eigenvalue weighted by Gasteiger charge is -2.14. The summed E-state index contributed by atoms with van der Waals surface area (Å²) in [6, 6.07) is 7.97. The monoisotopic (exact) mass is 275 g/mol.